The number of hydrogen-bond acceptors (Lipinski definition) is 4. The summed E-state index contributed by atoms with van der Waals surface area (Å²) in [5.74, 6) is 0.803. The molecule has 2 heterocycles. The van der Waals surface area contributed by atoms with Gasteiger partial charge in [0.1, 0.15) is 0 Å². The summed E-state index contributed by atoms with van der Waals surface area (Å²) in [5, 5.41) is 3.91. The Bertz CT molecular complexity index is 1020. The van der Waals surface area contributed by atoms with Gasteiger partial charge in [-0.05, 0) is 30.2 Å². The minimum absolute atomic E-state index is 0.0232. The highest BCUT2D eigenvalue weighted by Gasteiger charge is 2.19. The first-order chi connectivity index (χ1) is 14.2. The molecule has 5 heteroatoms. The van der Waals surface area contributed by atoms with Crippen LogP contribution in [0, 0.1) is 6.92 Å². The standard InChI is InChI=1S/C24H22N2O2S/c1-17-22(29-24(26-17)21-13-8-14-28-21)16-25-23(27)15-20(18-9-4-2-5-10-18)19-11-6-3-7-12-19/h2-14,20H,15-16H2,1H3,(H,25,27). The average Bonchev–Trinajstić information content (AvgIpc) is 3.42. The maximum absolute atomic E-state index is 12.8. The lowest BCUT2D eigenvalue weighted by molar-refractivity contribution is -0.121. The van der Waals surface area contributed by atoms with Crippen molar-refractivity contribution in [3.8, 4) is 10.8 Å². The summed E-state index contributed by atoms with van der Waals surface area (Å²) < 4.78 is 5.42. The van der Waals surface area contributed by atoms with E-state index in [1.54, 1.807) is 17.6 Å². The van der Waals surface area contributed by atoms with Gasteiger partial charge in [0.15, 0.2) is 10.8 Å². The molecule has 2 aromatic heterocycles. The molecular formula is C24H22N2O2S. The van der Waals surface area contributed by atoms with E-state index < -0.39 is 0 Å². The normalized spacial score (nSPS) is 11.0. The zero-order valence-electron chi connectivity index (χ0n) is 16.2. The molecule has 146 valence electrons. The quantitative estimate of drug-likeness (QED) is 0.441. The fraction of sp³-hybridized carbons (Fsp3) is 0.167. The molecule has 4 rings (SSSR count). The summed E-state index contributed by atoms with van der Waals surface area (Å²) in [7, 11) is 0. The predicted octanol–water partition coefficient (Wildman–Crippen LogP) is 5.55. The molecule has 0 aliphatic rings. The summed E-state index contributed by atoms with van der Waals surface area (Å²) in [6.45, 7) is 2.43. The first-order valence-corrected chi connectivity index (χ1v) is 10.4. The van der Waals surface area contributed by atoms with Crippen LogP contribution < -0.4 is 5.32 Å². The minimum Gasteiger partial charge on any atom is -0.462 e. The summed E-state index contributed by atoms with van der Waals surface area (Å²) in [6.07, 6.45) is 2.04. The largest absolute Gasteiger partial charge is 0.462 e. The highest BCUT2D eigenvalue weighted by atomic mass is 32.1. The third-order valence-electron chi connectivity index (χ3n) is 4.86. The van der Waals surface area contributed by atoms with Crippen LogP contribution in [0.25, 0.3) is 10.8 Å². The number of furan rings is 1. The van der Waals surface area contributed by atoms with Gasteiger partial charge in [0.25, 0.3) is 0 Å². The second-order valence-corrected chi connectivity index (χ2v) is 7.94. The van der Waals surface area contributed by atoms with Gasteiger partial charge in [-0.1, -0.05) is 60.7 Å². The Morgan fingerprint density at radius 2 is 1.66 bits per heavy atom. The second kappa shape index (κ2) is 8.88. The zero-order chi connectivity index (χ0) is 20.1. The Labute approximate surface area is 174 Å². The lowest BCUT2D eigenvalue weighted by atomic mass is 9.88. The van der Waals surface area contributed by atoms with Gasteiger partial charge in [0.05, 0.1) is 18.5 Å². The van der Waals surface area contributed by atoms with E-state index in [1.165, 1.54) is 0 Å². The fourth-order valence-electron chi connectivity index (χ4n) is 3.33. The molecule has 0 radical (unpaired) electrons. The van der Waals surface area contributed by atoms with Crippen molar-refractivity contribution in [3.05, 3.63) is 101 Å². The van der Waals surface area contributed by atoms with Crippen molar-refractivity contribution in [2.45, 2.75) is 25.8 Å². The van der Waals surface area contributed by atoms with Crippen LogP contribution in [0.1, 0.15) is 34.0 Å². The number of aryl methyl sites for hydroxylation is 1. The Kier molecular flexibility index (Phi) is 5.86. The first kappa shape index (κ1) is 19.2. The van der Waals surface area contributed by atoms with E-state index in [-0.39, 0.29) is 11.8 Å². The highest BCUT2D eigenvalue weighted by molar-refractivity contribution is 7.15. The van der Waals surface area contributed by atoms with Crippen molar-refractivity contribution >= 4 is 17.2 Å². The number of benzene rings is 2. The predicted molar refractivity (Wildman–Crippen MR) is 116 cm³/mol. The fourth-order valence-corrected chi connectivity index (χ4v) is 4.30. The van der Waals surface area contributed by atoms with Gasteiger partial charge in [0, 0.05) is 17.2 Å². The number of nitrogens with one attached hydrogen (secondary N) is 1. The molecule has 2 aromatic carbocycles. The second-order valence-electron chi connectivity index (χ2n) is 6.86. The van der Waals surface area contributed by atoms with Crippen LogP contribution in [0.2, 0.25) is 0 Å². The number of carbonyl (C=O) groups excluding carboxylic acids is 1. The van der Waals surface area contributed by atoms with Crippen LogP contribution >= 0.6 is 11.3 Å². The summed E-state index contributed by atoms with van der Waals surface area (Å²) in [6, 6.07) is 24.1. The molecule has 1 N–H and O–H groups in total. The molecule has 0 atom stereocenters. The maximum atomic E-state index is 12.8. The number of amides is 1. The molecule has 0 aliphatic carbocycles. The summed E-state index contributed by atoms with van der Waals surface area (Å²) in [4.78, 5) is 18.4. The van der Waals surface area contributed by atoms with Crippen molar-refractivity contribution < 1.29 is 9.21 Å². The number of rotatable bonds is 7. The van der Waals surface area contributed by atoms with E-state index in [4.69, 9.17) is 4.42 Å². The highest BCUT2D eigenvalue weighted by Crippen LogP contribution is 2.29. The molecule has 0 spiro atoms. The molecule has 0 saturated carbocycles. The van der Waals surface area contributed by atoms with Gasteiger partial charge >= 0.3 is 0 Å². The molecule has 0 unspecified atom stereocenters. The van der Waals surface area contributed by atoms with E-state index in [0.717, 1.165) is 32.5 Å². The molecule has 29 heavy (non-hydrogen) atoms. The molecular weight excluding hydrogens is 380 g/mol. The van der Waals surface area contributed by atoms with E-state index in [9.17, 15) is 4.79 Å². The third kappa shape index (κ3) is 4.63. The van der Waals surface area contributed by atoms with Gasteiger partial charge in [-0.3, -0.25) is 4.79 Å². The number of aromatic nitrogens is 1. The Balaban J connectivity index is 1.45. The molecule has 0 saturated heterocycles. The molecule has 1 amide bonds. The van der Waals surface area contributed by atoms with Crippen LogP contribution in [0.5, 0.6) is 0 Å². The molecule has 0 bridgehead atoms. The monoisotopic (exact) mass is 402 g/mol. The van der Waals surface area contributed by atoms with Crippen LogP contribution in [0.4, 0.5) is 0 Å². The van der Waals surface area contributed by atoms with Crippen LogP contribution in [-0.4, -0.2) is 10.9 Å². The summed E-state index contributed by atoms with van der Waals surface area (Å²) in [5.41, 5.74) is 3.20. The van der Waals surface area contributed by atoms with Gasteiger partial charge < -0.3 is 9.73 Å². The number of thiazole rings is 1. The van der Waals surface area contributed by atoms with Crippen molar-refractivity contribution in [3.63, 3.8) is 0 Å². The van der Waals surface area contributed by atoms with Crippen molar-refractivity contribution in [1.29, 1.82) is 0 Å². The topological polar surface area (TPSA) is 55.1 Å². The molecule has 4 nitrogen and oxygen atoms in total. The first-order valence-electron chi connectivity index (χ1n) is 9.57. The van der Waals surface area contributed by atoms with E-state index in [2.05, 4.69) is 34.6 Å². The maximum Gasteiger partial charge on any atom is 0.221 e. The lowest BCUT2D eigenvalue weighted by Gasteiger charge is -2.18. The van der Waals surface area contributed by atoms with E-state index in [0.29, 0.717) is 13.0 Å². The van der Waals surface area contributed by atoms with Gasteiger partial charge in [-0.2, -0.15) is 0 Å². The summed E-state index contributed by atoms with van der Waals surface area (Å²) >= 11 is 1.55. The van der Waals surface area contributed by atoms with Crippen molar-refractivity contribution in [1.82, 2.24) is 10.3 Å². The Hall–Kier alpha value is -3.18. The smallest absolute Gasteiger partial charge is 0.221 e. The van der Waals surface area contributed by atoms with E-state index in [1.807, 2.05) is 55.5 Å². The van der Waals surface area contributed by atoms with Crippen molar-refractivity contribution in [2.24, 2.45) is 0 Å². The van der Waals surface area contributed by atoms with Crippen LogP contribution in [0.15, 0.2) is 83.5 Å². The molecule has 0 aliphatic heterocycles. The number of nitrogens with zero attached hydrogens (tertiary/aromatic N) is 1. The average molecular weight is 403 g/mol. The zero-order valence-corrected chi connectivity index (χ0v) is 17.0. The van der Waals surface area contributed by atoms with Gasteiger partial charge in [-0.15, -0.1) is 11.3 Å². The lowest BCUT2D eigenvalue weighted by Crippen LogP contribution is -2.24. The Morgan fingerprint density at radius 1 is 1.00 bits per heavy atom. The molecule has 4 aromatic rings. The number of hydrogen-bond donors (Lipinski definition) is 1. The van der Waals surface area contributed by atoms with Crippen LogP contribution in [0.3, 0.4) is 0 Å². The number of carbonyl (C=O) groups is 1. The third-order valence-corrected chi connectivity index (χ3v) is 6.04. The SMILES string of the molecule is Cc1nc(-c2ccco2)sc1CNC(=O)CC(c1ccccc1)c1ccccc1. The van der Waals surface area contributed by atoms with E-state index >= 15 is 0 Å². The van der Waals surface area contributed by atoms with Gasteiger partial charge in [-0.25, -0.2) is 4.98 Å². The minimum atomic E-state index is 0.0232. The van der Waals surface area contributed by atoms with Crippen LogP contribution in [-0.2, 0) is 11.3 Å². The molecule has 0 fully saturated rings. The van der Waals surface area contributed by atoms with Crippen molar-refractivity contribution in [2.75, 3.05) is 0 Å². The van der Waals surface area contributed by atoms with Gasteiger partial charge in [0.2, 0.25) is 5.91 Å². The Morgan fingerprint density at radius 3 is 2.24 bits per heavy atom.